The van der Waals surface area contributed by atoms with Crippen LogP contribution in [0.3, 0.4) is 0 Å². The maximum Gasteiger partial charge on any atom is 0.270 e. The van der Waals surface area contributed by atoms with Crippen LogP contribution in [0.1, 0.15) is 33.3 Å². The lowest BCUT2D eigenvalue weighted by Gasteiger charge is -2.18. The second kappa shape index (κ2) is 3.32. The predicted octanol–water partition coefficient (Wildman–Crippen LogP) is 1.56. The van der Waals surface area contributed by atoms with Crippen molar-refractivity contribution in [3.63, 3.8) is 0 Å². The number of hydrogen-bond donors (Lipinski definition) is 0. The van der Waals surface area contributed by atoms with Gasteiger partial charge >= 0.3 is 0 Å². The van der Waals surface area contributed by atoms with Crippen LogP contribution in [0, 0.1) is 0 Å². The van der Waals surface area contributed by atoms with E-state index in [2.05, 4.69) is 5.10 Å². The first-order valence-electron chi connectivity index (χ1n) is 4.53. The summed E-state index contributed by atoms with van der Waals surface area (Å²) in [6, 6.07) is 1.80. The van der Waals surface area contributed by atoms with Crippen LogP contribution in [-0.4, -0.2) is 9.78 Å². The summed E-state index contributed by atoms with van der Waals surface area (Å²) >= 11 is 0. The lowest BCUT2D eigenvalue weighted by Crippen LogP contribution is -2.31. The van der Waals surface area contributed by atoms with E-state index in [-0.39, 0.29) is 11.0 Å². The minimum atomic E-state index is -0.100. The SMILES string of the molecule is CCn1nccc(C(C)(C)C)c1=O. The molecule has 0 N–H and O–H groups in total. The molecular formula is C10H16N2O. The molecule has 72 valence electrons. The third-order valence-electron chi connectivity index (χ3n) is 2.02. The third-order valence-corrected chi connectivity index (χ3v) is 2.02. The van der Waals surface area contributed by atoms with Gasteiger partial charge in [0, 0.05) is 18.3 Å². The van der Waals surface area contributed by atoms with Crippen LogP contribution in [0.2, 0.25) is 0 Å². The Morgan fingerprint density at radius 1 is 1.46 bits per heavy atom. The van der Waals surface area contributed by atoms with Crippen molar-refractivity contribution in [3.8, 4) is 0 Å². The highest BCUT2D eigenvalue weighted by molar-refractivity contribution is 5.16. The fourth-order valence-electron chi connectivity index (χ4n) is 1.25. The maximum absolute atomic E-state index is 11.7. The average Bonchev–Trinajstić information content (AvgIpc) is 2.02. The van der Waals surface area contributed by atoms with E-state index in [0.717, 1.165) is 5.56 Å². The topological polar surface area (TPSA) is 34.9 Å². The number of rotatable bonds is 1. The molecule has 13 heavy (non-hydrogen) atoms. The number of aromatic nitrogens is 2. The Morgan fingerprint density at radius 2 is 2.08 bits per heavy atom. The van der Waals surface area contributed by atoms with Crippen LogP contribution in [-0.2, 0) is 12.0 Å². The molecule has 3 nitrogen and oxygen atoms in total. The molecule has 0 fully saturated rings. The quantitative estimate of drug-likeness (QED) is 0.657. The molecule has 0 spiro atoms. The Bertz CT molecular complexity index is 347. The van der Waals surface area contributed by atoms with Crippen LogP contribution in [0.5, 0.6) is 0 Å². The van der Waals surface area contributed by atoms with Crippen LogP contribution in [0.4, 0.5) is 0 Å². The van der Waals surface area contributed by atoms with Gasteiger partial charge < -0.3 is 0 Å². The first-order chi connectivity index (χ1) is 5.96. The zero-order valence-corrected chi connectivity index (χ0v) is 8.66. The summed E-state index contributed by atoms with van der Waals surface area (Å²) < 4.78 is 1.49. The first-order valence-corrected chi connectivity index (χ1v) is 4.53. The largest absolute Gasteiger partial charge is 0.270 e. The molecule has 0 bridgehead atoms. The van der Waals surface area contributed by atoms with Crippen LogP contribution < -0.4 is 5.56 Å². The van der Waals surface area contributed by atoms with Gasteiger partial charge in [-0.25, -0.2) is 4.68 Å². The van der Waals surface area contributed by atoms with Crippen molar-refractivity contribution in [3.05, 3.63) is 28.2 Å². The Kier molecular flexibility index (Phi) is 2.55. The molecule has 0 aliphatic rings. The van der Waals surface area contributed by atoms with E-state index in [0.29, 0.717) is 6.54 Å². The molecule has 1 heterocycles. The van der Waals surface area contributed by atoms with E-state index in [1.807, 2.05) is 27.7 Å². The molecule has 1 rings (SSSR count). The molecule has 3 heteroatoms. The van der Waals surface area contributed by atoms with Crippen LogP contribution in [0.15, 0.2) is 17.1 Å². The normalized spacial score (nSPS) is 11.7. The highest BCUT2D eigenvalue weighted by Crippen LogP contribution is 2.17. The van der Waals surface area contributed by atoms with Crippen molar-refractivity contribution in [2.75, 3.05) is 0 Å². The standard InChI is InChI=1S/C10H16N2O/c1-5-12-9(13)8(6-7-11-12)10(2,3)4/h6-7H,5H2,1-4H3. The molecule has 0 aliphatic carbocycles. The number of nitrogens with zero attached hydrogens (tertiary/aromatic N) is 2. The van der Waals surface area contributed by atoms with Gasteiger partial charge in [-0.05, 0) is 18.4 Å². The summed E-state index contributed by atoms with van der Waals surface area (Å²) in [6.07, 6.45) is 1.69. The monoisotopic (exact) mass is 180 g/mol. The Hall–Kier alpha value is -1.12. The minimum absolute atomic E-state index is 0.0255. The van der Waals surface area contributed by atoms with Gasteiger partial charge in [-0.1, -0.05) is 20.8 Å². The van der Waals surface area contributed by atoms with Crippen molar-refractivity contribution in [1.82, 2.24) is 9.78 Å². The van der Waals surface area contributed by atoms with E-state index >= 15 is 0 Å². The molecule has 0 atom stereocenters. The van der Waals surface area contributed by atoms with Crippen molar-refractivity contribution < 1.29 is 0 Å². The molecular weight excluding hydrogens is 164 g/mol. The average molecular weight is 180 g/mol. The summed E-state index contributed by atoms with van der Waals surface area (Å²) in [5.41, 5.74) is 0.749. The van der Waals surface area contributed by atoms with Gasteiger partial charge in [-0.2, -0.15) is 5.10 Å². The fraction of sp³-hybridized carbons (Fsp3) is 0.600. The van der Waals surface area contributed by atoms with Crippen LogP contribution >= 0.6 is 0 Å². The van der Waals surface area contributed by atoms with Crippen molar-refractivity contribution >= 4 is 0 Å². The molecule has 0 aromatic carbocycles. The second-order valence-electron chi connectivity index (χ2n) is 4.12. The second-order valence-corrected chi connectivity index (χ2v) is 4.12. The summed E-state index contributed by atoms with van der Waals surface area (Å²) in [5, 5.41) is 3.98. The first kappa shape index (κ1) is 9.96. The van der Waals surface area contributed by atoms with Crippen molar-refractivity contribution in [2.24, 2.45) is 0 Å². The lowest BCUT2D eigenvalue weighted by atomic mass is 9.88. The van der Waals surface area contributed by atoms with Crippen molar-refractivity contribution in [2.45, 2.75) is 39.7 Å². The highest BCUT2D eigenvalue weighted by Gasteiger charge is 2.18. The van der Waals surface area contributed by atoms with E-state index in [1.54, 1.807) is 12.3 Å². The number of aryl methyl sites for hydroxylation is 1. The van der Waals surface area contributed by atoms with E-state index in [9.17, 15) is 4.79 Å². The van der Waals surface area contributed by atoms with Gasteiger partial charge in [-0.15, -0.1) is 0 Å². The summed E-state index contributed by atoms with van der Waals surface area (Å²) in [6.45, 7) is 8.64. The number of hydrogen-bond acceptors (Lipinski definition) is 2. The minimum Gasteiger partial charge on any atom is -0.267 e. The van der Waals surface area contributed by atoms with Gasteiger partial charge in [0.25, 0.3) is 5.56 Å². The third kappa shape index (κ3) is 1.97. The van der Waals surface area contributed by atoms with Crippen LogP contribution in [0.25, 0.3) is 0 Å². The summed E-state index contributed by atoms with van der Waals surface area (Å²) in [5.74, 6) is 0. The van der Waals surface area contributed by atoms with Crippen molar-refractivity contribution in [1.29, 1.82) is 0 Å². The molecule has 0 unspecified atom stereocenters. The fourth-order valence-corrected chi connectivity index (χ4v) is 1.25. The van der Waals surface area contributed by atoms with Gasteiger partial charge in [0.05, 0.1) is 0 Å². The molecule has 1 aromatic rings. The van der Waals surface area contributed by atoms with Gasteiger partial charge in [0.2, 0.25) is 0 Å². The van der Waals surface area contributed by atoms with E-state index in [4.69, 9.17) is 0 Å². The van der Waals surface area contributed by atoms with E-state index < -0.39 is 0 Å². The highest BCUT2D eigenvalue weighted by atomic mass is 16.1. The van der Waals surface area contributed by atoms with Gasteiger partial charge in [0.1, 0.15) is 0 Å². The molecule has 0 saturated heterocycles. The Morgan fingerprint density at radius 3 is 2.54 bits per heavy atom. The molecule has 0 saturated carbocycles. The molecule has 0 aliphatic heterocycles. The lowest BCUT2D eigenvalue weighted by molar-refractivity contribution is 0.540. The maximum atomic E-state index is 11.7. The zero-order valence-electron chi connectivity index (χ0n) is 8.66. The van der Waals surface area contributed by atoms with E-state index in [1.165, 1.54) is 4.68 Å². The smallest absolute Gasteiger partial charge is 0.267 e. The predicted molar refractivity (Wildman–Crippen MR) is 52.9 cm³/mol. The molecule has 0 radical (unpaired) electrons. The summed E-state index contributed by atoms with van der Waals surface area (Å²) in [7, 11) is 0. The zero-order chi connectivity index (χ0) is 10.1. The van der Waals surface area contributed by atoms with Gasteiger partial charge in [0.15, 0.2) is 0 Å². The molecule has 1 aromatic heterocycles. The Balaban J connectivity index is 3.33. The molecule has 0 amide bonds. The van der Waals surface area contributed by atoms with Gasteiger partial charge in [-0.3, -0.25) is 4.79 Å². The Labute approximate surface area is 78.4 Å². The summed E-state index contributed by atoms with van der Waals surface area (Å²) in [4.78, 5) is 11.7.